The zero-order chi connectivity index (χ0) is 17.0. The summed E-state index contributed by atoms with van der Waals surface area (Å²) in [5, 5.41) is 2.72. The molecule has 1 N–H and O–H groups in total. The molecule has 0 radical (unpaired) electrons. The van der Waals surface area contributed by atoms with Crippen LogP contribution in [0.1, 0.15) is 58.0 Å². The van der Waals surface area contributed by atoms with E-state index < -0.39 is 0 Å². The molecule has 0 saturated heterocycles. The summed E-state index contributed by atoms with van der Waals surface area (Å²) in [6, 6.07) is 9.07. The molecule has 0 aliphatic carbocycles. The zero-order valence-corrected chi connectivity index (χ0v) is 14.3. The van der Waals surface area contributed by atoms with Gasteiger partial charge < -0.3 is 10.1 Å². The predicted octanol–water partition coefficient (Wildman–Crippen LogP) is 4.47. The smallest absolute Gasteiger partial charge is 0.222 e. The number of ether oxygens (including phenoxy) is 1. The first-order valence-corrected chi connectivity index (χ1v) is 7.79. The van der Waals surface area contributed by atoms with E-state index in [9.17, 15) is 4.79 Å². The normalized spacial score (nSPS) is 10.9. The fraction of sp³-hybridized carbons (Fsp3) is 0.389. The minimum atomic E-state index is -0.0994. The van der Waals surface area contributed by atoms with Gasteiger partial charge in [-0.15, -0.1) is 0 Å². The van der Waals surface area contributed by atoms with Gasteiger partial charge in [-0.2, -0.15) is 4.98 Å². The van der Waals surface area contributed by atoms with Gasteiger partial charge in [0, 0.05) is 24.6 Å². The van der Waals surface area contributed by atoms with E-state index in [2.05, 4.69) is 43.0 Å². The Kier molecular flexibility index (Phi) is 5.32. The quantitative estimate of drug-likeness (QED) is 0.884. The molecule has 1 aromatic heterocycles. The van der Waals surface area contributed by atoms with Crippen LogP contribution in [0.2, 0.25) is 0 Å². The van der Waals surface area contributed by atoms with E-state index in [-0.39, 0.29) is 11.8 Å². The van der Waals surface area contributed by atoms with Crippen LogP contribution in [0.4, 0.5) is 5.69 Å². The highest BCUT2D eigenvalue weighted by Crippen LogP contribution is 2.25. The molecule has 0 aliphatic rings. The van der Waals surface area contributed by atoms with Gasteiger partial charge in [0.25, 0.3) is 0 Å². The third kappa shape index (κ3) is 4.77. The predicted molar refractivity (Wildman–Crippen MR) is 91.0 cm³/mol. The second-order valence-corrected chi connectivity index (χ2v) is 6.11. The van der Waals surface area contributed by atoms with Crippen LogP contribution in [0.3, 0.4) is 0 Å². The van der Waals surface area contributed by atoms with Crippen molar-refractivity contribution >= 4 is 11.6 Å². The van der Waals surface area contributed by atoms with Crippen LogP contribution in [0, 0.1) is 0 Å². The lowest BCUT2D eigenvalue weighted by atomic mass is 10.1. The van der Waals surface area contributed by atoms with Crippen LogP contribution in [-0.2, 0) is 4.79 Å². The lowest BCUT2D eigenvalue weighted by Crippen LogP contribution is -2.05. The highest BCUT2D eigenvalue weighted by molar-refractivity contribution is 5.88. The first kappa shape index (κ1) is 16.9. The van der Waals surface area contributed by atoms with E-state index in [0.717, 1.165) is 17.2 Å². The van der Waals surface area contributed by atoms with E-state index in [4.69, 9.17) is 4.74 Å². The number of anilines is 1. The number of amides is 1. The highest BCUT2D eigenvalue weighted by Gasteiger charge is 2.12. The van der Waals surface area contributed by atoms with Crippen LogP contribution in [0.25, 0.3) is 0 Å². The van der Waals surface area contributed by atoms with E-state index >= 15 is 0 Å². The Morgan fingerprint density at radius 1 is 1.04 bits per heavy atom. The van der Waals surface area contributed by atoms with Gasteiger partial charge in [-0.1, -0.05) is 27.7 Å². The van der Waals surface area contributed by atoms with Gasteiger partial charge in [-0.3, -0.25) is 4.79 Å². The fourth-order valence-electron chi connectivity index (χ4n) is 2.00. The molecule has 5 nitrogen and oxygen atoms in total. The highest BCUT2D eigenvalue weighted by atomic mass is 16.5. The SMILES string of the molecule is CC(=O)Nc1ccc(Oc2cc(C(C)C)nc(C(C)C)n2)cc1. The van der Waals surface area contributed by atoms with Crippen molar-refractivity contribution in [3.8, 4) is 11.6 Å². The van der Waals surface area contributed by atoms with Gasteiger partial charge in [0.2, 0.25) is 11.8 Å². The standard InChI is InChI=1S/C18H23N3O2/c1-11(2)16-10-17(21-18(20-16)12(3)4)23-15-8-6-14(7-9-15)19-13(5)22/h6-12H,1-5H3,(H,19,22). The molecule has 2 aromatic rings. The Hall–Kier alpha value is -2.43. The molecule has 0 aliphatic heterocycles. The van der Waals surface area contributed by atoms with Crippen molar-refractivity contribution in [1.29, 1.82) is 0 Å². The van der Waals surface area contributed by atoms with Crippen LogP contribution < -0.4 is 10.1 Å². The average Bonchev–Trinajstić information content (AvgIpc) is 2.48. The molecule has 0 fully saturated rings. The Morgan fingerprint density at radius 2 is 1.70 bits per heavy atom. The summed E-state index contributed by atoms with van der Waals surface area (Å²) < 4.78 is 5.86. The fourth-order valence-corrected chi connectivity index (χ4v) is 2.00. The van der Waals surface area contributed by atoms with Crippen molar-refractivity contribution < 1.29 is 9.53 Å². The van der Waals surface area contributed by atoms with Crippen molar-refractivity contribution in [3.05, 3.63) is 41.9 Å². The third-order valence-corrected chi connectivity index (χ3v) is 3.24. The van der Waals surface area contributed by atoms with Crippen molar-refractivity contribution in [3.63, 3.8) is 0 Å². The second kappa shape index (κ2) is 7.22. The molecule has 0 unspecified atom stereocenters. The van der Waals surface area contributed by atoms with Crippen LogP contribution in [0.15, 0.2) is 30.3 Å². The zero-order valence-electron chi connectivity index (χ0n) is 14.3. The molecule has 23 heavy (non-hydrogen) atoms. The summed E-state index contributed by atoms with van der Waals surface area (Å²) >= 11 is 0. The number of nitrogens with zero attached hydrogens (tertiary/aromatic N) is 2. The van der Waals surface area contributed by atoms with Crippen molar-refractivity contribution in [1.82, 2.24) is 9.97 Å². The van der Waals surface area contributed by atoms with Crippen molar-refractivity contribution in [2.45, 2.75) is 46.5 Å². The number of benzene rings is 1. The Labute approximate surface area is 137 Å². The Morgan fingerprint density at radius 3 is 2.22 bits per heavy atom. The summed E-state index contributed by atoms with van der Waals surface area (Å²) in [5.41, 5.74) is 1.70. The van der Waals surface area contributed by atoms with Crippen LogP contribution in [-0.4, -0.2) is 15.9 Å². The minimum Gasteiger partial charge on any atom is -0.439 e. The largest absolute Gasteiger partial charge is 0.439 e. The maximum absolute atomic E-state index is 11.0. The van der Waals surface area contributed by atoms with Gasteiger partial charge in [0.1, 0.15) is 11.6 Å². The van der Waals surface area contributed by atoms with E-state index in [1.165, 1.54) is 6.92 Å². The van der Waals surface area contributed by atoms with Crippen molar-refractivity contribution in [2.75, 3.05) is 5.32 Å². The summed E-state index contributed by atoms with van der Waals surface area (Å²) in [5.74, 6) is 2.43. The van der Waals surface area contributed by atoms with E-state index in [1.807, 2.05) is 6.07 Å². The molecule has 2 rings (SSSR count). The number of hydrogen-bond acceptors (Lipinski definition) is 4. The maximum Gasteiger partial charge on any atom is 0.222 e. The van der Waals surface area contributed by atoms with Gasteiger partial charge >= 0.3 is 0 Å². The molecule has 0 spiro atoms. The Bertz CT molecular complexity index is 653. The minimum absolute atomic E-state index is 0.0994. The molecule has 1 heterocycles. The first-order chi connectivity index (χ1) is 10.8. The summed E-state index contributed by atoms with van der Waals surface area (Å²) in [6.07, 6.45) is 0. The first-order valence-electron chi connectivity index (χ1n) is 7.79. The molecule has 1 aromatic carbocycles. The summed E-state index contributed by atoms with van der Waals surface area (Å²) in [7, 11) is 0. The molecular formula is C18H23N3O2. The Balaban J connectivity index is 2.23. The van der Waals surface area contributed by atoms with Gasteiger partial charge in [0.05, 0.1) is 5.69 Å². The summed E-state index contributed by atoms with van der Waals surface area (Å²) in [4.78, 5) is 20.1. The van der Waals surface area contributed by atoms with E-state index in [1.54, 1.807) is 24.3 Å². The number of carbonyl (C=O) groups is 1. The molecule has 5 heteroatoms. The number of carbonyl (C=O) groups excluding carboxylic acids is 1. The molecule has 1 amide bonds. The lowest BCUT2D eigenvalue weighted by Gasteiger charge is -2.13. The third-order valence-electron chi connectivity index (χ3n) is 3.24. The molecule has 122 valence electrons. The number of hydrogen-bond donors (Lipinski definition) is 1. The van der Waals surface area contributed by atoms with Gasteiger partial charge in [-0.05, 0) is 30.2 Å². The molecular weight excluding hydrogens is 290 g/mol. The number of aromatic nitrogens is 2. The topological polar surface area (TPSA) is 64.1 Å². The van der Waals surface area contributed by atoms with Crippen molar-refractivity contribution in [2.24, 2.45) is 0 Å². The monoisotopic (exact) mass is 313 g/mol. The van der Waals surface area contributed by atoms with Crippen LogP contribution in [0.5, 0.6) is 11.6 Å². The van der Waals surface area contributed by atoms with E-state index in [0.29, 0.717) is 17.5 Å². The van der Waals surface area contributed by atoms with Gasteiger partial charge in [-0.25, -0.2) is 4.98 Å². The van der Waals surface area contributed by atoms with Crippen LogP contribution >= 0.6 is 0 Å². The number of nitrogens with one attached hydrogen (secondary N) is 1. The molecule has 0 atom stereocenters. The van der Waals surface area contributed by atoms with Gasteiger partial charge in [0.15, 0.2) is 0 Å². The average molecular weight is 313 g/mol. The lowest BCUT2D eigenvalue weighted by molar-refractivity contribution is -0.114. The summed E-state index contributed by atoms with van der Waals surface area (Å²) in [6.45, 7) is 9.79. The maximum atomic E-state index is 11.0. The molecule has 0 bridgehead atoms. The second-order valence-electron chi connectivity index (χ2n) is 6.11. The molecule has 0 saturated carbocycles. The number of rotatable bonds is 5.